The third kappa shape index (κ3) is 5.52. The van der Waals surface area contributed by atoms with E-state index in [1.807, 2.05) is 0 Å². The van der Waals surface area contributed by atoms with Gasteiger partial charge in [-0.3, -0.25) is 9.80 Å². The highest BCUT2D eigenvalue weighted by Crippen LogP contribution is 2.45. The first-order chi connectivity index (χ1) is 18.6. The summed E-state index contributed by atoms with van der Waals surface area (Å²) in [6.07, 6.45) is -11.9. The number of rotatable bonds is 4. The number of amides is 2. The molecule has 4 rings (SSSR count). The Kier molecular flexibility index (Phi) is 7.65. The zero-order chi connectivity index (χ0) is 29.6. The van der Waals surface area contributed by atoms with Crippen LogP contribution in [0.1, 0.15) is 64.5 Å². The molecule has 14 heteroatoms. The van der Waals surface area contributed by atoms with Gasteiger partial charge in [0.1, 0.15) is 6.61 Å². The van der Waals surface area contributed by atoms with Crippen molar-refractivity contribution in [1.82, 2.24) is 4.90 Å². The monoisotopic (exact) mass is 574 g/mol. The van der Waals surface area contributed by atoms with Gasteiger partial charge in [-0.05, 0) is 61.7 Å². The van der Waals surface area contributed by atoms with E-state index in [9.17, 15) is 40.7 Å². The summed E-state index contributed by atoms with van der Waals surface area (Å²) in [5.41, 5.74) is -2.39. The number of benzene rings is 2. The standard InChI is InChI=1S/C26H24F6N2O6/c1-4-39-24(37)34-13(2)5-20(19-10-18-15(8-21(19)34)12-40-22(18)35)33(23(36)38-3)11-14-6-16(25(27,28)29)9-17(7-14)26(30,31)32/h6-10,13,20H,4-5,11-12H2,1-3H3/t13-,20+/m1/s1. The molecule has 0 unspecified atom stereocenters. The summed E-state index contributed by atoms with van der Waals surface area (Å²) >= 11 is 0. The molecule has 216 valence electrons. The first-order valence-corrected chi connectivity index (χ1v) is 12.1. The molecule has 0 radical (unpaired) electrons. The third-order valence-corrected chi connectivity index (χ3v) is 6.71. The Bertz CT molecular complexity index is 1310. The summed E-state index contributed by atoms with van der Waals surface area (Å²) < 4.78 is 96.0. The molecule has 2 aliphatic rings. The van der Waals surface area contributed by atoms with E-state index in [0.717, 1.165) is 12.0 Å². The molecule has 8 nitrogen and oxygen atoms in total. The number of anilines is 1. The summed E-state index contributed by atoms with van der Waals surface area (Å²) in [5.74, 6) is -0.657. The fraction of sp³-hybridized carbons (Fsp3) is 0.423. The van der Waals surface area contributed by atoms with E-state index in [-0.39, 0.29) is 42.5 Å². The van der Waals surface area contributed by atoms with Gasteiger partial charge >= 0.3 is 30.5 Å². The van der Waals surface area contributed by atoms with Gasteiger partial charge in [0.2, 0.25) is 0 Å². The number of cyclic esters (lactones) is 1. The molecule has 40 heavy (non-hydrogen) atoms. The molecule has 0 N–H and O–H groups in total. The number of carbonyl (C=O) groups is 3. The zero-order valence-electron chi connectivity index (χ0n) is 21.5. The van der Waals surface area contributed by atoms with Gasteiger partial charge in [0.05, 0.1) is 42.1 Å². The van der Waals surface area contributed by atoms with Crippen LogP contribution in [-0.2, 0) is 39.7 Å². The Hall–Kier alpha value is -3.97. The molecule has 2 atom stereocenters. The molecule has 2 aromatic carbocycles. The highest BCUT2D eigenvalue weighted by atomic mass is 19.4. The molecule has 2 aliphatic heterocycles. The number of fused-ring (bicyclic) bond motifs is 2. The van der Waals surface area contributed by atoms with Crippen LogP contribution in [0, 0.1) is 0 Å². The van der Waals surface area contributed by atoms with Gasteiger partial charge in [-0.15, -0.1) is 0 Å². The minimum atomic E-state index is -5.08. The van der Waals surface area contributed by atoms with E-state index < -0.39 is 65.8 Å². The van der Waals surface area contributed by atoms with Crippen LogP contribution < -0.4 is 4.90 Å². The topological polar surface area (TPSA) is 85.4 Å². The predicted octanol–water partition coefficient (Wildman–Crippen LogP) is 6.46. The molecule has 0 aliphatic carbocycles. The SMILES string of the molecule is CCOC(=O)N1c2cc3c(cc2[C@@H](N(Cc2cc(C(F)(F)F)cc(C(F)(F)F)c2)C(=O)OC)C[C@H]1C)C(=O)OC3. The summed E-state index contributed by atoms with van der Waals surface area (Å²) in [5, 5.41) is 0. The minimum Gasteiger partial charge on any atom is -0.457 e. The van der Waals surface area contributed by atoms with Crippen molar-refractivity contribution in [3.8, 4) is 0 Å². The number of methoxy groups -OCH3 is 1. The van der Waals surface area contributed by atoms with Gasteiger partial charge in [0, 0.05) is 18.2 Å². The lowest BCUT2D eigenvalue weighted by Crippen LogP contribution is -2.47. The van der Waals surface area contributed by atoms with E-state index >= 15 is 0 Å². The molecule has 0 aromatic heterocycles. The second-order valence-corrected chi connectivity index (χ2v) is 9.33. The van der Waals surface area contributed by atoms with Crippen LogP contribution in [-0.4, -0.2) is 42.8 Å². The smallest absolute Gasteiger partial charge is 0.416 e. The Balaban J connectivity index is 1.85. The minimum absolute atomic E-state index is 0.000161. The van der Waals surface area contributed by atoms with Gasteiger partial charge in [0.15, 0.2) is 0 Å². The molecule has 0 saturated heterocycles. The van der Waals surface area contributed by atoms with Crippen LogP contribution in [0.15, 0.2) is 30.3 Å². The summed E-state index contributed by atoms with van der Waals surface area (Å²) in [4.78, 5) is 40.4. The Morgan fingerprint density at radius 3 is 2.23 bits per heavy atom. The van der Waals surface area contributed by atoms with Gasteiger partial charge in [0.25, 0.3) is 0 Å². The first-order valence-electron chi connectivity index (χ1n) is 12.1. The normalized spacial score (nSPS) is 18.5. The van der Waals surface area contributed by atoms with E-state index in [2.05, 4.69) is 0 Å². The van der Waals surface area contributed by atoms with Crippen LogP contribution in [0.25, 0.3) is 0 Å². The maximum atomic E-state index is 13.5. The molecule has 0 fully saturated rings. The fourth-order valence-corrected chi connectivity index (χ4v) is 4.94. The van der Waals surface area contributed by atoms with Crippen molar-refractivity contribution < 1.29 is 54.9 Å². The number of halogens is 6. The van der Waals surface area contributed by atoms with Gasteiger partial charge < -0.3 is 14.2 Å². The van der Waals surface area contributed by atoms with Crippen molar-refractivity contribution in [2.24, 2.45) is 0 Å². The van der Waals surface area contributed by atoms with Crippen LogP contribution in [0.4, 0.5) is 41.6 Å². The maximum absolute atomic E-state index is 13.5. The Morgan fingerprint density at radius 2 is 1.68 bits per heavy atom. The molecule has 0 bridgehead atoms. The van der Waals surface area contributed by atoms with Crippen molar-refractivity contribution in [1.29, 1.82) is 0 Å². The number of esters is 1. The van der Waals surface area contributed by atoms with E-state index in [4.69, 9.17) is 14.2 Å². The van der Waals surface area contributed by atoms with E-state index in [1.54, 1.807) is 13.8 Å². The first kappa shape index (κ1) is 29.0. The molecule has 2 heterocycles. The summed E-state index contributed by atoms with van der Waals surface area (Å²) in [6, 6.07) is 2.35. The molecule has 2 amide bonds. The van der Waals surface area contributed by atoms with Crippen LogP contribution in [0.5, 0.6) is 0 Å². The number of nitrogens with zero attached hydrogens (tertiary/aromatic N) is 2. The van der Waals surface area contributed by atoms with Crippen molar-refractivity contribution in [2.75, 3.05) is 18.6 Å². The summed E-state index contributed by atoms with van der Waals surface area (Å²) in [7, 11) is 1.01. The van der Waals surface area contributed by atoms with Crippen molar-refractivity contribution in [3.63, 3.8) is 0 Å². The molecule has 2 aromatic rings. The predicted molar refractivity (Wildman–Crippen MR) is 126 cm³/mol. The number of ether oxygens (including phenoxy) is 3. The Morgan fingerprint density at radius 1 is 1.05 bits per heavy atom. The van der Waals surface area contributed by atoms with Gasteiger partial charge in [-0.1, -0.05) is 0 Å². The van der Waals surface area contributed by atoms with Crippen molar-refractivity contribution in [3.05, 3.63) is 63.7 Å². The van der Waals surface area contributed by atoms with Crippen LogP contribution in [0.3, 0.4) is 0 Å². The third-order valence-electron chi connectivity index (χ3n) is 6.71. The molecular formula is C26H24F6N2O6. The van der Waals surface area contributed by atoms with E-state index in [0.29, 0.717) is 17.7 Å². The average molecular weight is 574 g/mol. The molecule has 0 saturated carbocycles. The number of hydrogen-bond acceptors (Lipinski definition) is 6. The van der Waals surface area contributed by atoms with Crippen molar-refractivity contribution in [2.45, 2.75) is 57.9 Å². The summed E-state index contributed by atoms with van der Waals surface area (Å²) in [6.45, 7) is 2.54. The maximum Gasteiger partial charge on any atom is 0.416 e. The highest BCUT2D eigenvalue weighted by molar-refractivity contribution is 5.97. The highest BCUT2D eigenvalue weighted by Gasteiger charge is 2.42. The lowest BCUT2D eigenvalue weighted by atomic mass is 9.88. The second-order valence-electron chi connectivity index (χ2n) is 9.33. The average Bonchev–Trinajstić information content (AvgIpc) is 3.23. The number of alkyl halides is 6. The second kappa shape index (κ2) is 10.5. The molecule has 0 spiro atoms. The largest absolute Gasteiger partial charge is 0.457 e. The van der Waals surface area contributed by atoms with Crippen LogP contribution >= 0.6 is 0 Å². The zero-order valence-corrected chi connectivity index (χ0v) is 21.5. The van der Waals surface area contributed by atoms with Crippen LogP contribution in [0.2, 0.25) is 0 Å². The van der Waals surface area contributed by atoms with Gasteiger partial charge in [-0.25, -0.2) is 14.4 Å². The number of hydrogen-bond donors (Lipinski definition) is 0. The van der Waals surface area contributed by atoms with E-state index in [1.165, 1.54) is 17.0 Å². The lowest BCUT2D eigenvalue weighted by molar-refractivity contribution is -0.143. The lowest BCUT2D eigenvalue weighted by Gasteiger charge is -2.42. The molecular weight excluding hydrogens is 550 g/mol. The fourth-order valence-electron chi connectivity index (χ4n) is 4.94. The van der Waals surface area contributed by atoms with Crippen molar-refractivity contribution >= 4 is 23.8 Å². The number of carbonyl (C=O) groups excluding carboxylic acids is 3. The Labute approximate surface area is 224 Å². The quantitative estimate of drug-likeness (QED) is 0.237. The van der Waals surface area contributed by atoms with Gasteiger partial charge in [-0.2, -0.15) is 26.3 Å².